The molecule has 0 radical (unpaired) electrons. The summed E-state index contributed by atoms with van der Waals surface area (Å²) < 4.78 is 4.68. The predicted octanol–water partition coefficient (Wildman–Crippen LogP) is 0.987. The van der Waals surface area contributed by atoms with E-state index in [0.29, 0.717) is 5.56 Å². The second-order valence-corrected chi connectivity index (χ2v) is 2.95. The van der Waals surface area contributed by atoms with Crippen LogP contribution in [0.25, 0.3) is 0 Å². The molecule has 4 nitrogen and oxygen atoms in total. The Balaban J connectivity index is 2.78. The zero-order valence-electron chi connectivity index (χ0n) is 8.23. The molecule has 0 saturated carbocycles. The number of hydrogen-bond donors (Lipinski definition) is 1. The number of rotatable bonds is 3. The van der Waals surface area contributed by atoms with Gasteiger partial charge < -0.3 is 9.84 Å². The van der Waals surface area contributed by atoms with Gasteiger partial charge in [-0.15, -0.1) is 0 Å². The smallest absolute Gasteiger partial charge is 0.339 e. The molecule has 1 aromatic rings. The lowest BCUT2D eigenvalue weighted by atomic mass is 10.1. The van der Waals surface area contributed by atoms with Gasteiger partial charge in [-0.25, -0.2) is 4.79 Å². The fourth-order valence-corrected chi connectivity index (χ4v) is 1.09. The number of esters is 1. The van der Waals surface area contributed by atoms with Crippen molar-refractivity contribution in [1.29, 1.82) is 0 Å². The molecule has 4 heteroatoms. The highest BCUT2D eigenvalue weighted by Gasteiger charge is 2.18. The fraction of sp³-hybridized carbons (Fsp3) is 0.400. The molecule has 1 N–H and O–H groups in total. The molecule has 1 unspecified atom stereocenters. The average molecular weight is 195 g/mol. The molecule has 76 valence electrons. The Kier molecular flexibility index (Phi) is 3.59. The number of aromatic nitrogens is 1. The summed E-state index contributed by atoms with van der Waals surface area (Å²) in [5, 5.41) is 9.53. The van der Waals surface area contributed by atoms with Crippen LogP contribution in [0, 0.1) is 6.92 Å². The van der Waals surface area contributed by atoms with E-state index in [9.17, 15) is 9.90 Å². The lowest BCUT2D eigenvalue weighted by molar-refractivity contribution is -0.153. The van der Waals surface area contributed by atoms with Crippen LogP contribution in [0.2, 0.25) is 0 Å². The summed E-state index contributed by atoms with van der Waals surface area (Å²) in [5.41, 5.74) is 1.36. The van der Waals surface area contributed by atoms with Crippen LogP contribution in [0.1, 0.15) is 24.2 Å². The molecule has 0 aliphatic carbocycles. The van der Waals surface area contributed by atoms with Crippen molar-refractivity contribution in [2.45, 2.75) is 20.0 Å². The Morgan fingerprint density at radius 1 is 1.64 bits per heavy atom. The maximum Gasteiger partial charge on any atom is 0.339 e. The predicted molar refractivity (Wildman–Crippen MR) is 50.6 cm³/mol. The Morgan fingerprint density at radius 2 is 2.36 bits per heavy atom. The molecular weight excluding hydrogens is 182 g/mol. The number of carbonyl (C=O) groups excluding carboxylic acids is 1. The van der Waals surface area contributed by atoms with Crippen LogP contribution in [-0.4, -0.2) is 22.7 Å². The second kappa shape index (κ2) is 4.72. The minimum Gasteiger partial charge on any atom is -0.464 e. The first kappa shape index (κ1) is 10.7. The third kappa shape index (κ3) is 2.53. The molecule has 14 heavy (non-hydrogen) atoms. The van der Waals surface area contributed by atoms with Gasteiger partial charge in [0, 0.05) is 18.0 Å². The third-order valence-corrected chi connectivity index (χ3v) is 1.72. The van der Waals surface area contributed by atoms with Crippen molar-refractivity contribution in [3.8, 4) is 0 Å². The van der Waals surface area contributed by atoms with Crippen LogP contribution in [0.15, 0.2) is 18.5 Å². The number of ether oxygens (including phenoxy) is 1. The van der Waals surface area contributed by atoms with Crippen LogP contribution in [0.5, 0.6) is 0 Å². The summed E-state index contributed by atoms with van der Waals surface area (Å²) >= 11 is 0. The van der Waals surface area contributed by atoms with E-state index in [1.807, 2.05) is 6.92 Å². The Labute approximate surface area is 82.5 Å². The van der Waals surface area contributed by atoms with E-state index >= 15 is 0 Å². The first-order valence-corrected chi connectivity index (χ1v) is 4.41. The van der Waals surface area contributed by atoms with Crippen LogP contribution in [0.3, 0.4) is 0 Å². The summed E-state index contributed by atoms with van der Waals surface area (Å²) in [6, 6.07) is 1.70. The van der Waals surface area contributed by atoms with E-state index in [0.717, 1.165) is 5.56 Å². The lowest BCUT2D eigenvalue weighted by Gasteiger charge is -2.09. The quantitative estimate of drug-likeness (QED) is 0.730. The number of pyridine rings is 1. The normalized spacial score (nSPS) is 12.2. The summed E-state index contributed by atoms with van der Waals surface area (Å²) in [6.07, 6.45) is 1.87. The van der Waals surface area contributed by atoms with Gasteiger partial charge in [0.05, 0.1) is 6.61 Å². The van der Waals surface area contributed by atoms with E-state index in [-0.39, 0.29) is 6.61 Å². The SMILES string of the molecule is CCOC(=O)C(O)c1cncc(C)c1. The summed E-state index contributed by atoms with van der Waals surface area (Å²) in [7, 11) is 0. The van der Waals surface area contributed by atoms with Crippen LogP contribution in [0.4, 0.5) is 0 Å². The standard InChI is InChI=1S/C10H13NO3/c1-3-14-10(13)9(12)8-4-7(2)5-11-6-8/h4-6,9,12H,3H2,1-2H3. The molecule has 0 fully saturated rings. The average Bonchev–Trinajstić information content (AvgIpc) is 2.17. The number of aliphatic hydroxyl groups excluding tert-OH is 1. The fourth-order valence-electron chi connectivity index (χ4n) is 1.09. The van der Waals surface area contributed by atoms with Gasteiger partial charge in [0.25, 0.3) is 0 Å². The van der Waals surface area contributed by atoms with Crippen molar-refractivity contribution in [2.75, 3.05) is 6.61 Å². The van der Waals surface area contributed by atoms with E-state index in [2.05, 4.69) is 9.72 Å². The topological polar surface area (TPSA) is 59.4 Å². The van der Waals surface area contributed by atoms with E-state index in [4.69, 9.17) is 0 Å². The van der Waals surface area contributed by atoms with Gasteiger partial charge in [-0.05, 0) is 25.5 Å². The highest BCUT2D eigenvalue weighted by molar-refractivity contribution is 5.76. The maximum absolute atomic E-state index is 11.2. The van der Waals surface area contributed by atoms with Crippen LogP contribution >= 0.6 is 0 Å². The molecule has 0 aromatic carbocycles. The summed E-state index contributed by atoms with van der Waals surface area (Å²) in [5.74, 6) is -0.639. The number of nitrogens with zero attached hydrogens (tertiary/aromatic N) is 1. The number of aliphatic hydroxyl groups is 1. The monoisotopic (exact) mass is 195 g/mol. The van der Waals surface area contributed by atoms with Gasteiger partial charge in [-0.2, -0.15) is 0 Å². The van der Waals surface area contributed by atoms with E-state index < -0.39 is 12.1 Å². The Hall–Kier alpha value is -1.42. The van der Waals surface area contributed by atoms with Gasteiger partial charge in [0.15, 0.2) is 6.10 Å². The second-order valence-electron chi connectivity index (χ2n) is 2.95. The van der Waals surface area contributed by atoms with Crippen LogP contribution < -0.4 is 0 Å². The highest BCUT2D eigenvalue weighted by atomic mass is 16.5. The van der Waals surface area contributed by atoms with Gasteiger partial charge in [-0.3, -0.25) is 4.98 Å². The van der Waals surface area contributed by atoms with Crippen molar-refractivity contribution >= 4 is 5.97 Å². The van der Waals surface area contributed by atoms with Crippen molar-refractivity contribution in [3.05, 3.63) is 29.6 Å². The molecule has 1 aromatic heterocycles. The third-order valence-electron chi connectivity index (χ3n) is 1.72. The first-order valence-electron chi connectivity index (χ1n) is 4.41. The molecular formula is C10H13NO3. The number of hydrogen-bond acceptors (Lipinski definition) is 4. The minimum absolute atomic E-state index is 0.259. The molecule has 0 aliphatic rings. The first-order chi connectivity index (χ1) is 6.65. The maximum atomic E-state index is 11.2. The molecule has 0 spiro atoms. The zero-order chi connectivity index (χ0) is 10.6. The molecule has 1 rings (SSSR count). The molecule has 1 heterocycles. The highest BCUT2D eigenvalue weighted by Crippen LogP contribution is 2.14. The minimum atomic E-state index is -1.23. The molecule has 1 atom stereocenters. The van der Waals surface area contributed by atoms with Gasteiger partial charge in [0.2, 0.25) is 0 Å². The summed E-state index contributed by atoms with van der Waals surface area (Å²) in [4.78, 5) is 15.0. The van der Waals surface area contributed by atoms with Crippen LogP contribution in [-0.2, 0) is 9.53 Å². The number of carbonyl (C=O) groups is 1. The summed E-state index contributed by atoms with van der Waals surface area (Å²) in [6.45, 7) is 3.79. The van der Waals surface area contributed by atoms with E-state index in [1.165, 1.54) is 6.20 Å². The number of aryl methyl sites for hydroxylation is 1. The van der Waals surface area contributed by atoms with Gasteiger partial charge in [-0.1, -0.05) is 0 Å². The van der Waals surface area contributed by atoms with Crippen molar-refractivity contribution < 1.29 is 14.6 Å². The molecule has 0 bridgehead atoms. The van der Waals surface area contributed by atoms with Crippen molar-refractivity contribution in [1.82, 2.24) is 4.98 Å². The molecule has 0 aliphatic heterocycles. The largest absolute Gasteiger partial charge is 0.464 e. The zero-order valence-corrected chi connectivity index (χ0v) is 8.23. The van der Waals surface area contributed by atoms with E-state index in [1.54, 1.807) is 19.2 Å². The van der Waals surface area contributed by atoms with Crippen molar-refractivity contribution in [2.24, 2.45) is 0 Å². The van der Waals surface area contributed by atoms with Crippen molar-refractivity contribution in [3.63, 3.8) is 0 Å². The Bertz CT molecular complexity index is 325. The lowest BCUT2D eigenvalue weighted by Crippen LogP contribution is -2.15. The molecule has 0 saturated heterocycles. The van der Waals surface area contributed by atoms with Gasteiger partial charge in [0.1, 0.15) is 0 Å². The Morgan fingerprint density at radius 3 is 2.93 bits per heavy atom. The van der Waals surface area contributed by atoms with Gasteiger partial charge >= 0.3 is 5.97 Å². The molecule has 0 amide bonds.